The van der Waals surface area contributed by atoms with Gasteiger partial charge < -0.3 is 5.32 Å². The maximum Gasteiger partial charge on any atom is 0.264 e. The van der Waals surface area contributed by atoms with Crippen molar-refractivity contribution in [3.05, 3.63) is 95.1 Å². The minimum absolute atomic E-state index is 0.181. The van der Waals surface area contributed by atoms with E-state index in [-0.39, 0.29) is 16.8 Å². The zero-order valence-electron chi connectivity index (χ0n) is 18.4. The predicted octanol–water partition coefficient (Wildman–Crippen LogP) is 4.88. The molecule has 5 nitrogen and oxygen atoms in total. The summed E-state index contributed by atoms with van der Waals surface area (Å²) < 4.78 is 27.3. The molecule has 166 valence electrons. The van der Waals surface area contributed by atoms with Crippen LogP contribution in [0.2, 0.25) is 0 Å². The van der Waals surface area contributed by atoms with Crippen molar-refractivity contribution < 1.29 is 13.2 Å². The predicted molar refractivity (Wildman–Crippen MR) is 127 cm³/mol. The maximum absolute atomic E-state index is 13.2. The Hall–Kier alpha value is -3.12. The highest BCUT2D eigenvalue weighted by Crippen LogP contribution is 2.28. The van der Waals surface area contributed by atoms with Gasteiger partial charge >= 0.3 is 0 Å². The summed E-state index contributed by atoms with van der Waals surface area (Å²) in [5.74, 6) is -0.305. The molecule has 0 saturated heterocycles. The van der Waals surface area contributed by atoms with Crippen LogP contribution in [0.3, 0.4) is 0 Å². The van der Waals surface area contributed by atoms with Crippen molar-refractivity contribution in [1.29, 1.82) is 0 Å². The molecule has 0 aromatic heterocycles. The molecule has 0 bridgehead atoms. The van der Waals surface area contributed by atoms with Crippen LogP contribution < -0.4 is 9.62 Å². The molecule has 0 heterocycles. The quantitative estimate of drug-likeness (QED) is 0.584. The van der Waals surface area contributed by atoms with Gasteiger partial charge in [0.1, 0.15) is 0 Å². The summed E-state index contributed by atoms with van der Waals surface area (Å²) >= 11 is 0. The second-order valence-corrected chi connectivity index (χ2v) is 10.2. The van der Waals surface area contributed by atoms with Gasteiger partial charge in [-0.1, -0.05) is 48.5 Å². The number of fused-ring (bicyclic) bond motifs is 1. The molecular formula is C26H28N2O3S. The molecular weight excluding hydrogens is 420 g/mol. The SMILES string of the molecule is C[C@H](NC(=O)c1ccccc1N(C)S(=O)(=O)c1ccccc1)c1ccc2c(c1)CCCC2. The van der Waals surface area contributed by atoms with E-state index in [1.54, 1.807) is 54.6 Å². The lowest BCUT2D eigenvalue weighted by molar-refractivity contribution is 0.0940. The fourth-order valence-corrected chi connectivity index (χ4v) is 5.44. The van der Waals surface area contributed by atoms with Crippen molar-refractivity contribution in [2.45, 2.75) is 43.5 Å². The highest BCUT2D eigenvalue weighted by atomic mass is 32.2. The molecule has 1 N–H and O–H groups in total. The Balaban J connectivity index is 1.58. The van der Waals surface area contributed by atoms with Gasteiger partial charge in [-0.2, -0.15) is 0 Å². The highest BCUT2D eigenvalue weighted by Gasteiger charge is 2.25. The number of sulfonamides is 1. The normalized spacial score (nSPS) is 14.3. The molecule has 0 radical (unpaired) electrons. The van der Waals surface area contributed by atoms with Crippen LogP contribution in [0.25, 0.3) is 0 Å². The molecule has 0 saturated carbocycles. The average Bonchev–Trinajstić information content (AvgIpc) is 2.83. The number of anilines is 1. The van der Waals surface area contributed by atoms with Crippen molar-refractivity contribution >= 4 is 21.6 Å². The van der Waals surface area contributed by atoms with Crippen LogP contribution in [0.1, 0.15) is 52.9 Å². The highest BCUT2D eigenvalue weighted by molar-refractivity contribution is 7.92. The number of rotatable bonds is 6. The van der Waals surface area contributed by atoms with Gasteiger partial charge in [-0.3, -0.25) is 9.10 Å². The van der Waals surface area contributed by atoms with E-state index in [0.29, 0.717) is 11.3 Å². The third kappa shape index (κ3) is 4.41. The van der Waals surface area contributed by atoms with E-state index in [1.807, 2.05) is 6.92 Å². The van der Waals surface area contributed by atoms with Crippen molar-refractivity contribution in [1.82, 2.24) is 5.32 Å². The van der Waals surface area contributed by atoms with Crippen LogP contribution in [0.15, 0.2) is 77.7 Å². The van der Waals surface area contributed by atoms with Crippen LogP contribution in [0, 0.1) is 0 Å². The summed E-state index contributed by atoms with van der Waals surface area (Å²) in [5, 5.41) is 3.05. The number of para-hydroxylation sites is 1. The number of amides is 1. The van der Waals surface area contributed by atoms with Crippen molar-refractivity contribution in [2.75, 3.05) is 11.4 Å². The Morgan fingerprint density at radius 2 is 1.56 bits per heavy atom. The maximum atomic E-state index is 13.2. The Kier molecular flexibility index (Phi) is 6.33. The molecule has 0 aliphatic heterocycles. The van der Waals surface area contributed by atoms with E-state index in [1.165, 1.54) is 35.3 Å². The lowest BCUT2D eigenvalue weighted by Gasteiger charge is -2.23. The van der Waals surface area contributed by atoms with Crippen LogP contribution in [-0.4, -0.2) is 21.4 Å². The Labute approximate surface area is 190 Å². The number of carbonyl (C=O) groups excluding carboxylic acids is 1. The largest absolute Gasteiger partial charge is 0.345 e. The molecule has 1 aliphatic rings. The average molecular weight is 449 g/mol. The van der Waals surface area contributed by atoms with E-state index in [9.17, 15) is 13.2 Å². The zero-order valence-corrected chi connectivity index (χ0v) is 19.2. The molecule has 3 aromatic rings. The summed E-state index contributed by atoms with van der Waals surface area (Å²) in [6, 6.07) is 21.2. The second-order valence-electron chi connectivity index (χ2n) is 8.23. The van der Waals surface area contributed by atoms with E-state index in [0.717, 1.165) is 18.4 Å². The molecule has 0 spiro atoms. The van der Waals surface area contributed by atoms with Gasteiger partial charge in [0, 0.05) is 7.05 Å². The van der Waals surface area contributed by atoms with Gasteiger partial charge in [0.05, 0.1) is 22.2 Å². The monoisotopic (exact) mass is 448 g/mol. The van der Waals surface area contributed by atoms with E-state index in [2.05, 4.69) is 23.5 Å². The van der Waals surface area contributed by atoms with Crippen LogP contribution in [0.4, 0.5) is 5.69 Å². The molecule has 32 heavy (non-hydrogen) atoms. The molecule has 3 aromatic carbocycles. The first kappa shape index (κ1) is 22.1. The third-order valence-corrected chi connectivity index (χ3v) is 7.90. The summed E-state index contributed by atoms with van der Waals surface area (Å²) in [4.78, 5) is 13.4. The first-order valence-corrected chi connectivity index (χ1v) is 12.4. The molecule has 1 aliphatic carbocycles. The number of benzene rings is 3. The van der Waals surface area contributed by atoms with Crippen LogP contribution in [-0.2, 0) is 22.9 Å². The summed E-state index contributed by atoms with van der Waals surface area (Å²) in [6.45, 7) is 1.95. The molecule has 6 heteroatoms. The fraction of sp³-hybridized carbons (Fsp3) is 0.269. The van der Waals surface area contributed by atoms with Crippen molar-refractivity contribution in [3.8, 4) is 0 Å². The molecule has 0 fully saturated rings. The molecule has 1 atom stereocenters. The van der Waals surface area contributed by atoms with Gasteiger partial charge in [-0.25, -0.2) is 8.42 Å². The Bertz CT molecular complexity index is 1220. The number of nitrogens with one attached hydrogen (secondary N) is 1. The van der Waals surface area contributed by atoms with Crippen LogP contribution >= 0.6 is 0 Å². The number of aryl methyl sites for hydroxylation is 2. The van der Waals surface area contributed by atoms with E-state index >= 15 is 0 Å². The molecule has 0 unspecified atom stereocenters. The minimum atomic E-state index is -3.79. The number of hydrogen-bond acceptors (Lipinski definition) is 3. The number of carbonyl (C=O) groups is 1. The van der Waals surface area contributed by atoms with Gasteiger partial charge in [0.2, 0.25) is 0 Å². The van der Waals surface area contributed by atoms with Gasteiger partial charge in [-0.05, 0) is 73.6 Å². The third-order valence-electron chi connectivity index (χ3n) is 6.11. The van der Waals surface area contributed by atoms with Gasteiger partial charge in [0.15, 0.2) is 0 Å². The summed E-state index contributed by atoms with van der Waals surface area (Å²) in [6.07, 6.45) is 4.63. The smallest absolute Gasteiger partial charge is 0.264 e. The molecule has 4 rings (SSSR count). The lowest BCUT2D eigenvalue weighted by Crippen LogP contribution is -2.32. The van der Waals surface area contributed by atoms with Gasteiger partial charge in [0.25, 0.3) is 15.9 Å². The van der Waals surface area contributed by atoms with Crippen molar-refractivity contribution in [2.24, 2.45) is 0 Å². The Morgan fingerprint density at radius 3 is 2.31 bits per heavy atom. The second kappa shape index (κ2) is 9.17. The summed E-state index contributed by atoms with van der Waals surface area (Å²) in [5.41, 5.74) is 4.48. The molecule has 1 amide bonds. The first-order chi connectivity index (χ1) is 15.4. The van der Waals surface area contributed by atoms with E-state index in [4.69, 9.17) is 0 Å². The lowest BCUT2D eigenvalue weighted by atomic mass is 9.89. The van der Waals surface area contributed by atoms with Crippen molar-refractivity contribution in [3.63, 3.8) is 0 Å². The standard InChI is InChI=1S/C26H28N2O3S/c1-19(21-17-16-20-10-6-7-11-22(20)18-21)27-26(29)24-14-8-9-15-25(24)28(2)32(30,31)23-12-4-3-5-13-23/h3-5,8-9,12-19H,6-7,10-11H2,1-2H3,(H,27,29)/t19-/m0/s1. The van der Waals surface area contributed by atoms with Crippen LogP contribution in [0.5, 0.6) is 0 Å². The summed E-state index contributed by atoms with van der Waals surface area (Å²) in [7, 11) is -2.31. The zero-order chi connectivity index (χ0) is 22.7. The Morgan fingerprint density at radius 1 is 0.906 bits per heavy atom. The fourth-order valence-electron chi connectivity index (χ4n) is 4.20. The topological polar surface area (TPSA) is 66.5 Å². The first-order valence-electron chi connectivity index (χ1n) is 10.9. The minimum Gasteiger partial charge on any atom is -0.345 e. The number of nitrogens with zero attached hydrogens (tertiary/aromatic N) is 1. The van der Waals surface area contributed by atoms with E-state index < -0.39 is 10.0 Å². The van der Waals surface area contributed by atoms with Gasteiger partial charge in [-0.15, -0.1) is 0 Å². The number of hydrogen-bond donors (Lipinski definition) is 1.